The van der Waals surface area contributed by atoms with E-state index in [-0.39, 0.29) is 5.57 Å². The number of nitrogens with zero attached hydrogens (tertiary/aromatic N) is 1. The Morgan fingerprint density at radius 3 is 3.07 bits per heavy atom. The first-order valence-electron chi connectivity index (χ1n) is 4.09. The molecule has 0 unspecified atom stereocenters. The standard InChI is InChI=1S/C10H8N2O2/c13-5-7(6-14)10-8-1-3-11-9(8)2-4-12-10/h1-6,11,13H/b7-5-. The van der Waals surface area contributed by atoms with Gasteiger partial charge in [-0.05, 0) is 12.1 Å². The molecule has 0 bridgehead atoms. The van der Waals surface area contributed by atoms with E-state index < -0.39 is 0 Å². The van der Waals surface area contributed by atoms with Crippen LogP contribution in [-0.4, -0.2) is 21.4 Å². The fraction of sp³-hybridized carbons (Fsp3) is 0. The number of aliphatic hydroxyl groups is 1. The molecule has 2 aromatic heterocycles. The lowest BCUT2D eigenvalue weighted by Crippen LogP contribution is -1.91. The van der Waals surface area contributed by atoms with E-state index in [1.54, 1.807) is 18.5 Å². The molecule has 0 aliphatic heterocycles. The van der Waals surface area contributed by atoms with Crippen LogP contribution < -0.4 is 0 Å². The van der Waals surface area contributed by atoms with Crippen molar-refractivity contribution >= 4 is 22.8 Å². The summed E-state index contributed by atoms with van der Waals surface area (Å²) in [6.07, 6.45) is 4.69. The second-order valence-corrected chi connectivity index (χ2v) is 2.80. The third-order valence-electron chi connectivity index (χ3n) is 2.02. The number of aliphatic hydroxyl groups excluding tert-OH is 1. The van der Waals surface area contributed by atoms with Crippen LogP contribution in [-0.2, 0) is 4.79 Å². The molecule has 0 aliphatic carbocycles. The van der Waals surface area contributed by atoms with Crippen molar-refractivity contribution in [2.75, 3.05) is 0 Å². The summed E-state index contributed by atoms with van der Waals surface area (Å²) >= 11 is 0. The number of rotatable bonds is 2. The van der Waals surface area contributed by atoms with Gasteiger partial charge in [0.15, 0.2) is 6.29 Å². The van der Waals surface area contributed by atoms with Crippen molar-refractivity contribution < 1.29 is 9.90 Å². The SMILES string of the molecule is O=C/C(=C/O)c1nccc2[nH]ccc12. The van der Waals surface area contributed by atoms with Crippen molar-refractivity contribution in [3.63, 3.8) is 0 Å². The number of nitrogens with one attached hydrogen (secondary N) is 1. The molecule has 0 spiro atoms. The molecular weight excluding hydrogens is 180 g/mol. The van der Waals surface area contributed by atoms with Gasteiger partial charge in [0.25, 0.3) is 0 Å². The molecule has 4 heteroatoms. The van der Waals surface area contributed by atoms with Gasteiger partial charge < -0.3 is 10.1 Å². The molecular formula is C10H8N2O2. The average molecular weight is 188 g/mol. The lowest BCUT2D eigenvalue weighted by molar-refractivity contribution is -0.103. The number of carbonyl (C=O) groups is 1. The number of hydrogen-bond donors (Lipinski definition) is 2. The third kappa shape index (κ3) is 1.17. The van der Waals surface area contributed by atoms with E-state index >= 15 is 0 Å². The third-order valence-corrected chi connectivity index (χ3v) is 2.02. The Hall–Kier alpha value is -2.10. The zero-order valence-electron chi connectivity index (χ0n) is 7.27. The summed E-state index contributed by atoms with van der Waals surface area (Å²) < 4.78 is 0. The van der Waals surface area contributed by atoms with Gasteiger partial charge in [0, 0.05) is 23.3 Å². The number of H-pyrrole nitrogens is 1. The highest BCUT2D eigenvalue weighted by molar-refractivity contribution is 6.10. The Balaban J connectivity index is 2.73. The summed E-state index contributed by atoms with van der Waals surface area (Å²) in [6, 6.07) is 3.61. The van der Waals surface area contributed by atoms with Gasteiger partial charge in [0.05, 0.1) is 17.5 Å². The van der Waals surface area contributed by atoms with Crippen molar-refractivity contribution in [3.05, 3.63) is 36.5 Å². The van der Waals surface area contributed by atoms with Crippen LogP contribution >= 0.6 is 0 Å². The molecule has 14 heavy (non-hydrogen) atoms. The van der Waals surface area contributed by atoms with Crippen LogP contribution in [0.4, 0.5) is 0 Å². The number of fused-ring (bicyclic) bond motifs is 1. The molecule has 0 radical (unpaired) electrons. The number of aldehydes is 1. The van der Waals surface area contributed by atoms with Gasteiger partial charge in [0.1, 0.15) is 0 Å². The summed E-state index contributed by atoms with van der Waals surface area (Å²) in [7, 11) is 0. The Labute approximate surface area is 79.9 Å². The maximum Gasteiger partial charge on any atom is 0.155 e. The monoisotopic (exact) mass is 188 g/mol. The minimum atomic E-state index is 0.176. The average Bonchev–Trinajstić information content (AvgIpc) is 2.68. The first kappa shape index (κ1) is 8.50. The van der Waals surface area contributed by atoms with Crippen LogP contribution in [0.15, 0.2) is 30.8 Å². The predicted molar refractivity (Wildman–Crippen MR) is 52.8 cm³/mol. The summed E-state index contributed by atoms with van der Waals surface area (Å²) in [5.41, 5.74) is 1.55. The minimum Gasteiger partial charge on any atom is -0.515 e. The number of pyridine rings is 1. The van der Waals surface area contributed by atoms with Crippen molar-refractivity contribution in [2.45, 2.75) is 0 Å². The quantitative estimate of drug-likeness (QED) is 0.428. The molecule has 2 N–H and O–H groups in total. The predicted octanol–water partition coefficient (Wildman–Crippen LogP) is 1.66. The first-order valence-corrected chi connectivity index (χ1v) is 4.09. The van der Waals surface area contributed by atoms with Crippen LogP contribution in [0, 0.1) is 0 Å². The Morgan fingerprint density at radius 2 is 2.36 bits per heavy atom. The van der Waals surface area contributed by atoms with E-state index in [0.29, 0.717) is 12.0 Å². The summed E-state index contributed by atoms with van der Waals surface area (Å²) in [6.45, 7) is 0. The van der Waals surface area contributed by atoms with E-state index in [2.05, 4.69) is 9.97 Å². The van der Waals surface area contributed by atoms with Gasteiger partial charge in [-0.2, -0.15) is 0 Å². The molecule has 2 rings (SSSR count). The maximum absolute atomic E-state index is 10.6. The van der Waals surface area contributed by atoms with Crippen molar-refractivity contribution in [1.82, 2.24) is 9.97 Å². The zero-order valence-corrected chi connectivity index (χ0v) is 7.27. The summed E-state index contributed by atoms with van der Waals surface area (Å²) in [5, 5.41) is 9.65. The highest BCUT2D eigenvalue weighted by Gasteiger charge is 2.07. The maximum atomic E-state index is 10.6. The first-order chi connectivity index (χ1) is 6.86. The summed E-state index contributed by atoms with van der Waals surface area (Å²) in [4.78, 5) is 17.7. The Bertz CT molecular complexity index is 500. The number of aromatic nitrogens is 2. The van der Waals surface area contributed by atoms with Gasteiger partial charge >= 0.3 is 0 Å². The second-order valence-electron chi connectivity index (χ2n) is 2.80. The molecule has 0 aliphatic rings. The van der Waals surface area contributed by atoms with Crippen LogP contribution in [0.5, 0.6) is 0 Å². The molecule has 0 saturated carbocycles. The number of allylic oxidation sites excluding steroid dienone is 1. The molecule has 0 atom stereocenters. The fourth-order valence-corrected chi connectivity index (χ4v) is 1.36. The molecule has 0 aromatic carbocycles. The smallest absolute Gasteiger partial charge is 0.155 e. The lowest BCUT2D eigenvalue weighted by Gasteiger charge is -1.99. The molecule has 0 fully saturated rings. The number of carbonyl (C=O) groups excluding carboxylic acids is 1. The fourth-order valence-electron chi connectivity index (χ4n) is 1.36. The van der Waals surface area contributed by atoms with Gasteiger partial charge in [-0.15, -0.1) is 0 Å². The van der Waals surface area contributed by atoms with Gasteiger partial charge in [0.2, 0.25) is 0 Å². The highest BCUT2D eigenvalue weighted by atomic mass is 16.2. The molecule has 0 saturated heterocycles. The van der Waals surface area contributed by atoms with Crippen molar-refractivity contribution in [1.29, 1.82) is 0 Å². The molecule has 70 valence electrons. The number of hydrogen-bond acceptors (Lipinski definition) is 3. The highest BCUT2D eigenvalue weighted by Crippen LogP contribution is 2.20. The normalized spacial score (nSPS) is 11.9. The summed E-state index contributed by atoms with van der Waals surface area (Å²) in [5.74, 6) is 0. The largest absolute Gasteiger partial charge is 0.515 e. The van der Waals surface area contributed by atoms with Gasteiger partial charge in [-0.25, -0.2) is 0 Å². The minimum absolute atomic E-state index is 0.176. The van der Waals surface area contributed by atoms with Crippen LogP contribution in [0.25, 0.3) is 16.5 Å². The molecule has 4 nitrogen and oxygen atoms in total. The molecule has 2 heterocycles. The van der Waals surface area contributed by atoms with Crippen molar-refractivity contribution in [3.8, 4) is 0 Å². The Morgan fingerprint density at radius 1 is 1.50 bits per heavy atom. The van der Waals surface area contributed by atoms with E-state index in [0.717, 1.165) is 17.2 Å². The van der Waals surface area contributed by atoms with E-state index in [1.807, 2.05) is 6.07 Å². The Kier molecular flexibility index (Phi) is 2.02. The van der Waals surface area contributed by atoms with Gasteiger partial charge in [-0.3, -0.25) is 9.78 Å². The lowest BCUT2D eigenvalue weighted by atomic mass is 10.1. The second kappa shape index (κ2) is 3.33. The van der Waals surface area contributed by atoms with Crippen LogP contribution in [0.1, 0.15) is 5.69 Å². The van der Waals surface area contributed by atoms with E-state index in [1.165, 1.54) is 0 Å². The number of aromatic amines is 1. The van der Waals surface area contributed by atoms with E-state index in [9.17, 15) is 4.79 Å². The van der Waals surface area contributed by atoms with Crippen LogP contribution in [0.3, 0.4) is 0 Å². The van der Waals surface area contributed by atoms with E-state index in [4.69, 9.17) is 5.11 Å². The van der Waals surface area contributed by atoms with Crippen molar-refractivity contribution in [2.24, 2.45) is 0 Å². The van der Waals surface area contributed by atoms with Gasteiger partial charge in [-0.1, -0.05) is 0 Å². The van der Waals surface area contributed by atoms with Crippen LogP contribution in [0.2, 0.25) is 0 Å². The molecule has 2 aromatic rings. The molecule has 0 amide bonds. The topological polar surface area (TPSA) is 66.0 Å². The zero-order chi connectivity index (χ0) is 9.97.